The van der Waals surface area contributed by atoms with Gasteiger partial charge in [-0.1, -0.05) is 41.4 Å². The van der Waals surface area contributed by atoms with Crippen LogP contribution in [0.15, 0.2) is 47.5 Å². The van der Waals surface area contributed by atoms with Gasteiger partial charge in [-0.25, -0.2) is 4.79 Å². The predicted octanol–water partition coefficient (Wildman–Crippen LogP) is 4.21. The van der Waals surface area contributed by atoms with Crippen LogP contribution in [0.2, 0.25) is 10.0 Å². The summed E-state index contributed by atoms with van der Waals surface area (Å²) in [7, 11) is 0. The van der Waals surface area contributed by atoms with E-state index in [0.29, 0.717) is 11.3 Å². The third-order valence-electron chi connectivity index (χ3n) is 2.49. The van der Waals surface area contributed by atoms with Gasteiger partial charge >= 0.3 is 0 Å². The third-order valence-corrected chi connectivity index (χ3v) is 3.10. The van der Waals surface area contributed by atoms with Crippen molar-refractivity contribution in [3.63, 3.8) is 0 Å². The molecule has 0 aliphatic carbocycles. The van der Waals surface area contributed by atoms with Gasteiger partial charge in [-0.3, -0.25) is 4.79 Å². The minimum absolute atomic E-state index is 0.189. The van der Waals surface area contributed by atoms with Gasteiger partial charge in [-0.15, -0.1) is 0 Å². The fraction of sp³-hybridized carbons (Fsp3) is 0. The Morgan fingerprint density at radius 2 is 1.80 bits per heavy atom. The van der Waals surface area contributed by atoms with Crippen molar-refractivity contribution < 1.29 is 9.59 Å². The van der Waals surface area contributed by atoms with Gasteiger partial charge in [-0.2, -0.15) is 4.99 Å². The molecular formula is C14H8Cl2N2O2. The monoisotopic (exact) mass is 306 g/mol. The fourth-order valence-electron chi connectivity index (χ4n) is 1.55. The second kappa shape index (κ2) is 6.35. The number of halogens is 2. The summed E-state index contributed by atoms with van der Waals surface area (Å²) in [6, 6.07) is 11.5. The summed E-state index contributed by atoms with van der Waals surface area (Å²) >= 11 is 11.9. The van der Waals surface area contributed by atoms with Gasteiger partial charge in [0.25, 0.3) is 5.91 Å². The number of hydrogen-bond acceptors (Lipinski definition) is 3. The first-order valence-electron chi connectivity index (χ1n) is 5.55. The van der Waals surface area contributed by atoms with Crippen molar-refractivity contribution in [3.8, 4) is 0 Å². The fourth-order valence-corrected chi connectivity index (χ4v) is 2.02. The van der Waals surface area contributed by atoms with E-state index >= 15 is 0 Å². The Labute approximate surface area is 125 Å². The Kier molecular flexibility index (Phi) is 4.53. The standard InChI is InChI=1S/C14H8Cl2N2O2/c15-10-6-11(16)13(7-12(10)17-8-19)18-14(20)9-4-2-1-3-5-9/h1-7H,(H,18,20). The number of hydrogen-bond donors (Lipinski definition) is 1. The number of rotatable bonds is 3. The zero-order valence-corrected chi connectivity index (χ0v) is 11.6. The second-order valence-electron chi connectivity index (χ2n) is 3.81. The molecule has 6 heteroatoms. The van der Waals surface area contributed by atoms with Crippen molar-refractivity contribution in [2.24, 2.45) is 4.99 Å². The summed E-state index contributed by atoms with van der Waals surface area (Å²) < 4.78 is 0. The summed E-state index contributed by atoms with van der Waals surface area (Å²) in [5.74, 6) is -0.323. The van der Waals surface area contributed by atoms with Crippen LogP contribution in [0.3, 0.4) is 0 Å². The van der Waals surface area contributed by atoms with Gasteiger partial charge in [0.05, 0.1) is 21.4 Å². The predicted molar refractivity (Wildman–Crippen MR) is 78.6 cm³/mol. The van der Waals surface area contributed by atoms with Crippen LogP contribution in [0.4, 0.5) is 11.4 Å². The molecule has 0 heterocycles. The van der Waals surface area contributed by atoms with Crippen molar-refractivity contribution >= 4 is 46.6 Å². The molecule has 0 aliphatic heterocycles. The zero-order chi connectivity index (χ0) is 14.5. The first kappa shape index (κ1) is 14.3. The van der Waals surface area contributed by atoms with Crippen LogP contribution in [0.25, 0.3) is 0 Å². The Hall–Kier alpha value is -2.13. The highest BCUT2D eigenvalue weighted by Crippen LogP contribution is 2.34. The van der Waals surface area contributed by atoms with E-state index in [4.69, 9.17) is 23.2 Å². The molecule has 0 bridgehead atoms. The number of nitrogens with zero attached hydrogens (tertiary/aromatic N) is 1. The van der Waals surface area contributed by atoms with E-state index in [0.717, 1.165) is 0 Å². The quantitative estimate of drug-likeness (QED) is 0.682. The molecular weight excluding hydrogens is 299 g/mol. The van der Waals surface area contributed by atoms with Crippen LogP contribution in [-0.2, 0) is 4.79 Å². The van der Waals surface area contributed by atoms with Gasteiger partial charge < -0.3 is 5.32 Å². The number of amides is 1. The molecule has 4 nitrogen and oxygen atoms in total. The highest BCUT2D eigenvalue weighted by Gasteiger charge is 2.11. The number of nitrogens with one attached hydrogen (secondary N) is 1. The number of carbonyl (C=O) groups is 1. The average Bonchev–Trinajstić information content (AvgIpc) is 2.45. The largest absolute Gasteiger partial charge is 0.321 e. The SMILES string of the molecule is O=C=Nc1cc(NC(=O)c2ccccc2)c(Cl)cc1Cl. The molecule has 1 N–H and O–H groups in total. The second-order valence-corrected chi connectivity index (χ2v) is 4.62. The van der Waals surface area contributed by atoms with Crippen LogP contribution in [-0.4, -0.2) is 12.0 Å². The molecule has 0 spiro atoms. The summed E-state index contributed by atoms with van der Waals surface area (Å²) in [5, 5.41) is 3.09. The number of carbonyl (C=O) groups excluding carboxylic acids is 2. The van der Waals surface area contributed by atoms with Crippen molar-refractivity contribution in [1.29, 1.82) is 0 Å². The van der Waals surface area contributed by atoms with Gasteiger partial charge in [0.15, 0.2) is 0 Å². The zero-order valence-electron chi connectivity index (χ0n) is 10.1. The van der Waals surface area contributed by atoms with Crippen LogP contribution in [0, 0.1) is 0 Å². The lowest BCUT2D eigenvalue weighted by atomic mass is 10.2. The number of benzene rings is 2. The molecule has 2 aromatic carbocycles. The molecule has 0 atom stereocenters. The van der Waals surface area contributed by atoms with Crippen molar-refractivity contribution in [2.75, 3.05) is 5.32 Å². The first-order chi connectivity index (χ1) is 9.61. The van der Waals surface area contributed by atoms with Crippen LogP contribution in [0.1, 0.15) is 10.4 Å². The molecule has 0 fully saturated rings. The molecule has 0 aliphatic rings. The molecule has 0 unspecified atom stereocenters. The van der Waals surface area contributed by atoms with Gasteiger partial charge in [-0.05, 0) is 24.3 Å². The minimum atomic E-state index is -0.323. The molecule has 2 aromatic rings. The lowest BCUT2D eigenvalue weighted by Crippen LogP contribution is -2.11. The Bertz CT molecular complexity index is 696. The van der Waals surface area contributed by atoms with Gasteiger partial charge in [0.2, 0.25) is 6.08 Å². The lowest BCUT2D eigenvalue weighted by Gasteiger charge is -2.08. The molecule has 0 radical (unpaired) electrons. The van der Waals surface area contributed by atoms with Crippen molar-refractivity contribution in [3.05, 3.63) is 58.1 Å². The van der Waals surface area contributed by atoms with E-state index in [-0.39, 0.29) is 21.6 Å². The van der Waals surface area contributed by atoms with E-state index in [1.165, 1.54) is 18.2 Å². The van der Waals surface area contributed by atoms with Crippen LogP contribution < -0.4 is 5.32 Å². The Morgan fingerprint density at radius 1 is 1.10 bits per heavy atom. The maximum atomic E-state index is 12.0. The molecule has 0 saturated carbocycles. The highest BCUT2D eigenvalue weighted by molar-refractivity contribution is 6.38. The summed E-state index contributed by atoms with van der Waals surface area (Å²) in [6.07, 6.45) is 1.39. The van der Waals surface area contributed by atoms with E-state index < -0.39 is 0 Å². The Balaban J connectivity index is 2.32. The molecule has 0 saturated heterocycles. The van der Waals surface area contributed by atoms with Gasteiger partial charge in [0, 0.05) is 5.56 Å². The lowest BCUT2D eigenvalue weighted by molar-refractivity contribution is 0.102. The number of anilines is 1. The van der Waals surface area contributed by atoms with Crippen molar-refractivity contribution in [1.82, 2.24) is 0 Å². The molecule has 20 heavy (non-hydrogen) atoms. The minimum Gasteiger partial charge on any atom is -0.321 e. The van der Waals surface area contributed by atoms with E-state index in [9.17, 15) is 9.59 Å². The first-order valence-corrected chi connectivity index (χ1v) is 6.30. The molecule has 100 valence electrons. The number of aliphatic imine (C=N–C) groups is 1. The summed E-state index contributed by atoms with van der Waals surface area (Å²) in [4.78, 5) is 25.7. The van der Waals surface area contributed by atoms with Gasteiger partial charge in [0.1, 0.15) is 0 Å². The average molecular weight is 307 g/mol. The maximum absolute atomic E-state index is 12.0. The molecule has 0 aromatic heterocycles. The highest BCUT2D eigenvalue weighted by atomic mass is 35.5. The van der Waals surface area contributed by atoms with Crippen LogP contribution in [0.5, 0.6) is 0 Å². The van der Waals surface area contributed by atoms with Crippen molar-refractivity contribution in [2.45, 2.75) is 0 Å². The topological polar surface area (TPSA) is 58.5 Å². The van der Waals surface area contributed by atoms with Crippen LogP contribution >= 0.6 is 23.2 Å². The number of isocyanates is 1. The maximum Gasteiger partial charge on any atom is 0.255 e. The van der Waals surface area contributed by atoms with E-state index in [2.05, 4.69) is 10.3 Å². The van der Waals surface area contributed by atoms with E-state index in [1.807, 2.05) is 6.07 Å². The Morgan fingerprint density at radius 3 is 2.45 bits per heavy atom. The normalized spacial score (nSPS) is 9.70. The smallest absolute Gasteiger partial charge is 0.255 e. The summed E-state index contributed by atoms with van der Waals surface area (Å²) in [6.45, 7) is 0. The molecule has 2 rings (SSSR count). The summed E-state index contributed by atoms with van der Waals surface area (Å²) in [5.41, 5.74) is 0.993. The molecule has 1 amide bonds. The third kappa shape index (κ3) is 3.25. The van der Waals surface area contributed by atoms with E-state index in [1.54, 1.807) is 24.3 Å².